The molecule has 0 saturated carbocycles. The quantitative estimate of drug-likeness (QED) is 0.217. The number of ether oxygens (including phenoxy) is 2. The van der Waals surface area contributed by atoms with E-state index in [4.69, 9.17) is 32.7 Å². The zero-order valence-corrected chi connectivity index (χ0v) is 25.0. The summed E-state index contributed by atoms with van der Waals surface area (Å²) in [5.74, 6) is -0.815. The molecule has 1 aliphatic rings. The molecule has 1 heterocycles. The van der Waals surface area contributed by atoms with E-state index in [1.807, 2.05) is 19.9 Å². The van der Waals surface area contributed by atoms with Gasteiger partial charge in [-0.05, 0) is 104 Å². The van der Waals surface area contributed by atoms with Crippen LogP contribution in [0.4, 0.5) is 10.5 Å². The van der Waals surface area contributed by atoms with Crippen molar-refractivity contribution in [1.29, 1.82) is 0 Å². The molecule has 0 aliphatic carbocycles. The first-order valence-electron chi connectivity index (χ1n) is 11.1. The van der Waals surface area contributed by atoms with Crippen molar-refractivity contribution in [2.75, 3.05) is 12.0 Å². The first-order chi connectivity index (χ1) is 18.0. The van der Waals surface area contributed by atoms with E-state index in [1.54, 1.807) is 36.4 Å². The summed E-state index contributed by atoms with van der Waals surface area (Å²) in [5, 5.41) is 3.09. The SMILES string of the molecule is COc1cc(/C=C2\C(=O)NC(=O)N(c3cc(C)cc(C)c3)C2=O)c(Br)c(Br)c1OCc1ccc(Cl)c(Cl)c1. The zero-order valence-electron chi connectivity index (χ0n) is 20.3. The number of methoxy groups -OCH3 is 1. The number of carbonyl (C=O) groups excluding carboxylic acids is 3. The molecule has 0 spiro atoms. The number of nitrogens with zero attached hydrogens (tertiary/aromatic N) is 1. The van der Waals surface area contributed by atoms with Crippen LogP contribution in [0.2, 0.25) is 10.0 Å². The van der Waals surface area contributed by atoms with Crippen LogP contribution in [0, 0.1) is 13.8 Å². The number of aryl methyl sites for hydroxylation is 2. The summed E-state index contributed by atoms with van der Waals surface area (Å²) >= 11 is 19.1. The Morgan fingerprint density at radius 2 is 1.63 bits per heavy atom. The van der Waals surface area contributed by atoms with Gasteiger partial charge in [0.05, 0.1) is 27.3 Å². The number of hydrogen-bond acceptors (Lipinski definition) is 5. The number of halogens is 4. The van der Waals surface area contributed by atoms with Gasteiger partial charge in [0, 0.05) is 4.47 Å². The van der Waals surface area contributed by atoms with Gasteiger partial charge < -0.3 is 9.47 Å². The number of urea groups is 1. The normalized spacial score (nSPS) is 14.7. The number of hydrogen-bond donors (Lipinski definition) is 1. The van der Waals surface area contributed by atoms with Crippen molar-refractivity contribution in [3.8, 4) is 11.5 Å². The Morgan fingerprint density at radius 3 is 2.26 bits per heavy atom. The monoisotopic (exact) mass is 680 g/mol. The van der Waals surface area contributed by atoms with E-state index in [0.29, 0.717) is 41.7 Å². The second-order valence-electron chi connectivity index (χ2n) is 8.47. The smallest absolute Gasteiger partial charge is 0.335 e. The van der Waals surface area contributed by atoms with E-state index < -0.39 is 17.8 Å². The molecule has 1 saturated heterocycles. The lowest BCUT2D eigenvalue weighted by atomic mass is 10.0. The number of nitrogens with one attached hydrogen (secondary N) is 1. The summed E-state index contributed by atoms with van der Waals surface area (Å²) in [6.45, 7) is 3.89. The zero-order chi connectivity index (χ0) is 27.7. The predicted octanol–water partition coefficient (Wildman–Crippen LogP) is 7.39. The molecule has 0 aromatic heterocycles. The lowest BCUT2D eigenvalue weighted by molar-refractivity contribution is -0.122. The lowest BCUT2D eigenvalue weighted by Gasteiger charge is -2.27. The highest BCUT2D eigenvalue weighted by molar-refractivity contribution is 9.13. The average Bonchev–Trinajstić information content (AvgIpc) is 2.84. The molecule has 4 amide bonds. The molecule has 3 aromatic carbocycles. The van der Waals surface area contributed by atoms with Gasteiger partial charge in [-0.3, -0.25) is 14.9 Å². The molecule has 0 radical (unpaired) electrons. The van der Waals surface area contributed by atoms with Gasteiger partial charge in [-0.2, -0.15) is 0 Å². The van der Waals surface area contributed by atoms with Crippen LogP contribution in [-0.2, 0) is 16.2 Å². The van der Waals surface area contributed by atoms with Crippen LogP contribution in [0.5, 0.6) is 11.5 Å². The summed E-state index contributed by atoms with van der Waals surface area (Å²) < 4.78 is 12.5. The number of barbiturate groups is 1. The summed E-state index contributed by atoms with van der Waals surface area (Å²) in [5.41, 5.74) is 3.13. The first kappa shape index (κ1) is 28.2. The van der Waals surface area contributed by atoms with E-state index in [1.165, 1.54) is 13.2 Å². The van der Waals surface area contributed by atoms with E-state index in [9.17, 15) is 14.4 Å². The minimum absolute atomic E-state index is 0.173. The van der Waals surface area contributed by atoms with Crippen molar-refractivity contribution in [1.82, 2.24) is 5.32 Å². The lowest BCUT2D eigenvalue weighted by Crippen LogP contribution is -2.54. The highest BCUT2D eigenvalue weighted by Gasteiger charge is 2.37. The van der Waals surface area contributed by atoms with Crippen LogP contribution in [-0.4, -0.2) is 25.0 Å². The van der Waals surface area contributed by atoms with Gasteiger partial charge in [-0.15, -0.1) is 0 Å². The topological polar surface area (TPSA) is 84.9 Å². The Morgan fingerprint density at radius 1 is 0.947 bits per heavy atom. The Kier molecular flexibility index (Phi) is 8.52. The Balaban J connectivity index is 1.70. The third kappa shape index (κ3) is 5.76. The summed E-state index contributed by atoms with van der Waals surface area (Å²) in [6.07, 6.45) is 1.39. The molecule has 11 heteroatoms. The maximum Gasteiger partial charge on any atom is 0.335 e. The van der Waals surface area contributed by atoms with Gasteiger partial charge in [0.2, 0.25) is 0 Å². The predicted molar refractivity (Wildman–Crippen MR) is 154 cm³/mol. The standard InChI is InChI=1S/C27H20Br2Cl2N2O5/c1-13-6-14(2)8-17(7-13)33-26(35)18(25(34)32-27(33)36)10-16-11-21(37-3)24(23(29)22(16)28)38-12-15-4-5-19(30)20(31)9-15/h4-11H,12H2,1-3H3,(H,32,34,36)/b18-10+. The fraction of sp³-hybridized carbons (Fsp3) is 0.148. The van der Waals surface area contributed by atoms with Gasteiger partial charge in [0.1, 0.15) is 12.2 Å². The van der Waals surface area contributed by atoms with Crippen LogP contribution in [0.3, 0.4) is 0 Å². The minimum atomic E-state index is -0.814. The molecule has 38 heavy (non-hydrogen) atoms. The van der Waals surface area contributed by atoms with Crippen molar-refractivity contribution in [3.63, 3.8) is 0 Å². The van der Waals surface area contributed by atoms with Gasteiger partial charge >= 0.3 is 6.03 Å². The molecule has 0 bridgehead atoms. The van der Waals surface area contributed by atoms with Crippen LogP contribution in [0.15, 0.2) is 57.0 Å². The van der Waals surface area contributed by atoms with E-state index in [2.05, 4.69) is 37.2 Å². The number of benzene rings is 3. The number of carbonyl (C=O) groups is 3. The van der Waals surface area contributed by atoms with Crippen molar-refractivity contribution in [2.24, 2.45) is 0 Å². The van der Waals surface area contributed by atoms with Gasteiger partial charge in [0.25, 0.3) is 11.8 Å². The number of anilines is 1. The van der Waals surface area contributed by atoms with Crippen molar-refractivity contribution < 1.29 is 23.9 Å². The largest absolute Gasteiger partial charge is 0.493 e. The van der Waals surface area contributed by atoms with Crippen LogP contribution < -0.4 is 19.7 Å². The second-order valence-corrected chi connectivity index (χ2v) is 10.9. The van der Waals surface area contributed by atoms with Gasteiger partial charge in [-0.25, -0.2) is 9.69 Å². The minimum Gasteiger partial charge on any atom is -0.493 e. The maximum absolute atomic E-state index is 13.4. The van der Waals surface area contributed by atoms with E-state index in [-0.39, 0.29) is 12.2 Å². The molecule has 196 valence electrons. The van der Waals surface area contributed by atoms with Gasteiger partial charge in [0.15, 0.2) is 11.5 Å². The third-order valence-corrected chi connectivity index (χ3v) is 8.49. The number of rotatable bonds is 6. The fourth-order valence-electron chi connectivity index (χ4n) is 3.91. The molecular formula is C27H20Br2Cl2N2O5. The van der Waals surface area contributed by atoms with E-state index in [0.717, 1.165) is 21.6 Å². The summed E-state index contributed by atoms with van der Waals surface area (Å²) in [4.78, 5) is 39.6. The Bertz CT molecular complexity index is 1500. The molecule has 1 aliphatic heterocycles. The molecule has 1 fully saturated rings. The Hall–Kier alpha value is -2.85. The summed E-state index contributed by atoms with van der Waals surface area (Å²) in [6, 6.07) is 11.3. The molecule has 4 rings (SSSR count). The molecule has 3 aromatic rings. The summed E-state index contributed by atoms with van der Waals surface area (Å²) in [7, 11) is 1.47. The molecule has 7 nitrogen and oxygen atoms in total. The average molecular weight is 683 g/mol. The first-order valence-corrected chi connectivity index (χ1v) is 13.5. The molecular weight excluding hydrogens is 663 g/mol. The van der Waals surface area contributed by atoms with Crippen LogP contribution in [0.25, 0.3) is 6.08 Å². The van der Waals surface area contributed by atoms with Crippen LogP contribution >= 0.6 is 55.1 Å². The molecule has 1 N–H and O–H groups in total. The van der Waals surface area contributed by atoms with Gasteiger partial charge in [-0.1, -0.05) is 35.3 Å². The third-order valence-electron chi connectivity index (χ3n) is 5.61. The van der Waals surface area contributed by atoms with E-state index >= 15 is 0 Å². The number of imide groups is 2. The van der Waals surface area contributed by atoms with Crippen molar-refractivity contribution in [2.45, 2.75) is 20.5 Å². The highest BCUT2D eigenvalue weighted by atomic mass is 79.9. The molecule has 0 atom stereocenters. The second kappa shape index (κ2) is 11.5. The molecule has 0 unspecified atom stereocenters. The maximum atomic E-state index is 13.4. The Labute approximate surface area is 245 Å². The van der Waals surface area contributed by atoms with Crippen molar-refractivity contribution >= 4 is 84.7 Å². The van der Waals surface area contributed by atoms with Crippen molar-refractivity contribution in [3.05, 3.63) is 89.3 Å². The highest BCUT2D eigenvalue weighted by Crippen LogP contribution is 2.44. The fourth-order valence-corrected chi connectivity index (χ4v) is 5.18. The van der Waals surface area contributed by atoms with Crippen LogP contribution in [0.1, 0.15) is 22.3 Å². The number of amides is 4.